The molecule has 2 heteroatoms. The Labute approximate surface area is 85.4 Å². The monoisotopic (exact) mass is 190 g/mol. The normalized spacial score (nSPS) is 10.1. The number of aromatic nitrogens is 2. The van der Waals surface area contributed by atoms with Gasteiger partial charge in [0.2, 0.25) is 0 Å². The van der Waals surface area contributed by atoms with Gasteiger partial charge in [-0.1, -0.05) is 32.9 Å². The first-order valence-electron chi connectivity index (χ1n) is 5.01. The lowest BCUT2D eigenvalue weighted by atomic mass is 10.3. The molecule has 2 rings (SSSR count). The van der Waals surface area contributed by atoms with Gasteiger partial charge in [-0.05, 0) is 25.0 Å². The summed E-state index contributed by atoms with van der Waals surface area (Å²) >= 11 is 0. The van der Waals surface area contributed by atoms with Crippen molar-refractivity contribution >= 4 is 11.0 Å². The Hall–Kier alpha value is -1.31. The van der Waals surface area contributed by atoms with Crippen molar-refractivity contribution in [1.29, 1.82) is 0 Å². The number of nitrogens with one attached hydrogen (secondary N) is 1. The molecule has 0 unspecified atom stereocenters. The molecule has 0 saturated heterocycles. The van der Waals surface area contributed by atoms with E-state index in [-0.39, 0.29) is 0 Å². The first-order chi connectivity index (χ1) is 6.59. The second kappa shape index (κ2) is 4.80. The summed E-state index contributed by atoms with van der Waals surface area (Å²) in [4.78, 5) is 7.40. The van der Waals surface area contributed by atoms with E-state index in [1.807, 2.05) is 31.2 Å². The van der Waals surface area contributed by atoms with E-state index in [1.165, 1.54) is 0 Å². The summed E-state index contributed by atoms with van der Waals surface area (Å²) in [6.45, 7) is 8.46. The molecule has 1 aromatic heterocycles. The van der Waals surface area contributed by atoms with Crippen LogP contribution in [0.5, 0.6) is 0 Å². The molecule has 0 atom stereocenters. The van der Waals surface area contributed by atoms with Crippen molar-refractivity contribution < 1.29 is 0 Å². The number of imidazole rings is 1. The van der Waals surface area contributed by atoms with Crippen LogP contribution >= 0.6 is 0 Å². The molecule has 0 fully saturated rings. The van der Waals surface area contributed by atoms with Crippen molar-refractivity contribution in [2.24, 2.45) is 5.92 Å². The third-order valence-electron chi connectivity index (χ3n) is 1.51. The summed E-state index contributed by atoms with van der Waals surface area (Å²) in [6, 6.07) is 8.01. The number of hydrogen-bond acceptors (Lipinski definition) is 1. The molecule has 0 radical (unpaired) electrons. The smallest absolute Gasteiger partial charge is 0.104 e. The number of nitrogens with zero attached hydrogens (tertiary/aromatic N) is 1. The Morgan fingerprint density at radius 1 is 1.14 bits per heavy atom. The highest BCUT2D eigenvalue weighted by molar-refractivity contribution is 5.74. The molecule has 0 aliphatic heterocycles. The molecule has 14 heavy (non-hydrogen) atoms. The fraction of sp³-hybridized carbons (Fsp3) is 0.417. The predicted octanol–water partition coefficient (Wildman–Crippen LogP) is 3.53. The summed E-state index contributed by atoms with van der Waals surface area (Å²) in [5, 5.41) is 0. The summed E-state index contributed by atoms with van der Waals surface area (Å²) in [7, 11) is 0. The van der Waals surface area contributed by atoms with E-state index < -0.39 is 0 Å². The predicted molar refractivity (Wildman–Crippen MR) is 61.3 cm³/mol. The van der Waals surface area contributed by atoms with Crippen molar-refractivity contribution in [1.82, 2.24) is 9.97 Å². The lowest BCUT2D eigenvalue weighted by molar-refractivity contribution is 0.737. The number of para-hydroxylation sites is 2. The molecular weight excluding hydrogens is 172 g/mol. The lowest BCUT2D eigenvalue weighted by Gasteiger charge is -1.81. The van der Waals surface area contributed by atoms with Crippen LogP contribution in [0.1, 0.15) is 26.6 Å². The summed E-state index contributed by atoms with van der Waals surface area (Å²) in [5.41, 5.74) is 2.15. The maximum absolute atomic E-state index is 4.26. The van der Waals surface area contributed by atoms with Gasteiger partial charge in [-0.2, -0.15) is 0 Å². The maximum Gasteiger partial charge on any atom is 0.104 e. The number of benzene rings is 1. The van der Waals surface area contributed by atoms with Crippen LogP contribution in [0, 0.1) is 12.8 Å². The van der Waals surface area contributed by atoms with Crippen LogP contribution < -0.4 is 0 Å². The van der Waals surface area contributed by atoms with Crippen LogP contribution in [-0.4, -0.2) is 9.97 Å². The number of aromatic amines is 1. The molecule has 0 aliphatic rings. The van der Waals surface area contributed by atoms with E-state index in [0.29, 0.717) is 0 Å². The number of hydrogen-bond donors (Lipinski definition) is 1. The fourth-order valence-corrected chi connectivity index (χ4v) is 1.08. The van der Waals surface area contributed by atoms with E-state index in [0.717, 1.165) is 22.8 Å². The largest absolute Gasteiger partial charge is 0.342 e. The van der Waals surface area contributed by atoms with Gasteiger partial charge in [0.05, 0.1) is 11.0 Å². The minimum atomic E-state index is 0.833. The molecule has 1 N–H and O–H groups in total. The van der Waals surface area contributed by atoms with Gasteiger partial charge >= 0.3 is 0 Å². The topological polar surface area (TPSA) is 28.7 Å². The molecule has 0 bridgehead atoms. The first-order valence-corrected chi connectivity index (χ1v) is 5.01. The Bertz CT molecular complexity index is 352. The van der Waals surface area contributed by atoms with E-state index in [9.17, 15) is 0 Å². The van der Waals surface area contributed by atoms with Gasteiger partial charge in [-0.25, -0.2) is 4.98 Å². The summed E-state index contributed by atoms with van der Waals surface area (Å²) < 4.78 is 0. The maximum atomic E-state index is 4.26. The van der Waals surface area contributed by atoms with E-state index in [2.05, 4.69) is 30.7 Å². The highest BCUT2D eigenvalue weighted by Gasteiger charge is 1.93. The quantitative estimate of drug-likeness (QED) is 0.676. The second-order valence-corrected chi connectivity index (χ2v) is 4.07. The zero-order chi connectivity index (χ0) is 10.6. The Balaban J connectivity index is 0.000000213. The number of aryl methyl sites for hydroxylation is 1. The average molecular weight is 190 g/mol. The van der Waals surface area contributed by atoms with Crippen LogP contribution in [0.4, 0.5) is 0 Å². The van der Waals surface area contributed by atoms with Gasteiger partial charge in [0, 0.05) is 0 Å². The van der Waals surface area contributed by atoms with Crippen LogP contribution in [0.3, 0.4) is 0 Å². The second-order valence-electron chi connectivity index (χ2n) is 4.07. The molecule has 2 nitrogen and oxygen atoms in total. The molecule has 0 spiro atoms. The Morgan fingerprint density at radius 3 is 2.29 bits per heavy atom. The minimum Gasteiger partial charge on any atom is -0.342 e. The van der Waals surface area contributed by atoms with Gasteiger partial charge in [0.15, 0.2) is 0 Å². The molecular formula is C12H18N2. The summed E-state index contributed by atoms with van der Waals surface area (Å²) in [5.74, 6) is 1.81. The molecule has 76 valence electrons. The number of fused-ring (bicyclic) bond motifs is 1. The van der Waals surface area contributed by atoms with Crippen LogP contribution in [0.15, 0.2) is 24.3 Å². The van der Waals surface area contributed by atoms with Gasteiger partial charge in [0.25, 0.3) is 0 Å². The van der Waals surface area contributed by atoms with Crippen molar-refractivity contribution in [2.45, 2.75) is 27.7 Å². The molecule has 1 heterocycles. The van der Waals surface area contributed by atoms with Gasteiger partial charge in [-0.3, -0.25) is 0 Å². The van der Waals surface area contributed by atoms with Crippen molar-refractivity contribution in [3.05, 3.63) is 30.1 Å². The zero-order valence-corrected chi connectivity index (χ0v) is 9.33. The highest BCUT2D eigenvalue weighted by Crippen LogP contribution is 2.08. The van der Waals surface area contributed by atoms with Crippen LogP contribution in [-0.2, 0) is 0 Å². The van der Waals surface area contributed by atoms with Gasteiger partial charge in [0.1, 0.15) is 5.82 Å². The standard InChI is InChI=1S/C8H8N2.C4H10/c1-6-9-7-4-2-3-5-8(7)10-6;1-4(2)3/h2-5H,1H3,(H,9,10);4H,1-3H3. The van der Waals surface area contributed by atoms with Crippen molar-refractivity contribution in [3.8, 4) is 0 Å². The minimum absolute atomic E-state index is 0.833. The highest BCUT2D eigenvalue weighted by atomic mass is 14.9. The molecule has 2 aromatic rings. The molecule has 0 aliphatic carbocycles. The average Bonchev–Trinajstić information content (AvgIpc) is 2.42. The van der Waals surface area contributed by atoms with Crippen LogP contribution in [0.25, 0.3) is 11.0 Å². The molecule has 1 aromatic carbocycles. The third kappa shape index (κ3) is 3.21. The fourth-order valence-electron chi connectivity index (χ4n) is 1.08. The van der Waals surface area contributed by atoms with Gasteiger partial charge in [-0.15, -0.1) is 0 Å². The first kappa shape index (κ1) is 10.8. The summed E-state index contributed by atoms with van der Waals surface area (Å²) in [6.07, 6.45) is 0. The Morgan fingerprint density at radius 2 is 1.71 bits per heavy atom. The SMILES string of the molecule is CC(C)C.Cc1nc2ccccc2[nH]1. The van der Waals surface area contributed by atoms with E-state index >= 15 is 0 Å². The lowest BCUT2D eigenvalue weighted by Crippen LogP contribution is -1.68. The number of rotatable bonds is 0. The van der Waals surface area contributed by atoms with E-state index in [4.69, 9.17) is 0 Å². The van der Waals surface area contributed by atoms with Crippen molar-refractivity contribution in [2.75, 3.05) is 0 Å². The molecule has 0 amide bonds. The van der Waals surface area contributed by atoms with Crippen LogP contribution in [0.2, 0.25) is 0 Å². The Kier molecular flexibility index (Phi) is 3.69. The van der Waals surface area contributed by atoms with Gasteiger partial charge < -0.3 is 4.98 Å². The van der Waals surface area contributed by atoms with Crippen molar-refractivity contribution in [3.63, 3.8) is 0 Å². The number of H-pyrrole nitrogens is 1. The third-order valence-corrected chi connectivity index (χ3v) is 1.51. The van der Waals surface area contributed by atoms with E-state index in [1.54, 1.807) is 0 Å². The molecule has 0 saturated carbocycles. The zero-order valence-electron chi connectivity index (χ0n) is 9.33.